The highest BCUT2D eigenvalue weighted by Gasteiger charge is 2.33. The van der Waals surface area contributed by atoms with Gasteiger partial charge in [-0.15, -0.1) is 0 Å². The van der Waals surface area contributed by atoms with Gasteiger partial charge in [-0.25, -0.2) is 8.42 Å². The van der Waals surface area contributed by atoms with E-state index in [1.54, 1.807) is 12.1 Å². The van der Waals surface area contributed by atoms with Crippen LogP contribution in [0.5, 0.6) is 0 Å². The minimum absolute atomic E-state index is 0.109. The maximum atomic E-state index is 14.0. The first-order valence-electron chi connectivity index (χ1n) is 15.1. The van der Waals surface area contributed by atoms with E-state index in [4.69, 9.17) is 11.6 Å². The van der Waals surface area contributed by atoms with Gasteiger partial charge in [-0.2, -0.15) is 4.31 Å². The van der Waals surface area contributed by atoms with Crippen molar-refractivity contribution in [2.24, 2.45) is 0 Å². The normalized spacial score (nSPS) is 19.5. The fourth-order valence-electron chi connectivity index (χ4n) is 6.47. The molecule has 3 aliphatic heterocycles. The summed E-state index contributed by atoms with van der Waals surface area (Å²) in [4.78, 5) is 31.6. The van der Waals surface area contributed by atoms with Crippen LogP contribution in [0.2, 0.25) is 5.02 Å². The van der Waals surface area contributed by atoms with E-state index in [1.807, 2.05) is 41.3 Å². The number of amides is 2. The van der Waals surface area contributed by atoms with Gasteiger partial charge in [-0.05, 0) is 58.9 Å². The number of hydrogen-bond donors (Lipinski definition) is 2. The number of piperazine rings is 1. The first kappa shape index (κ1) is 30.6. The van der Waals surface area contributed by atoms with Gasteiger partial charge in [0.1, 0.15) is 6.04 Å². The summed E-state index contributed by atoms with van der Waals surface area (Å²) in [6, 6.07) is 20.5. The second-order valence-corrected chi connectivity index (χ2v) is 14.3. The van der Waals surface area contributed by atoms with Crippen LogP contribution in [0.25, 0.3) is 0 Å². The molecule has 232 valence electrons. The molecule has 44 heavy (non-hydrogen) atoms. The summed E-state index contributed by atoms with van der Waals surface area (Å²) in [6.45, 7) is 3.69. The van der Waals surface area contributed by atoms with Crippen molar-refractivity contribution in [1.29, 1.82) is 0 Å². The number of fused-ring (bicyclic) bond motifs is 2. The molecule has 0 radical (unpaired) electrons. The third-order valence-corrected chi connectivity index (χ3v) is 10.5. The van der Waals surface area contributed by atoms with Crippen molar-refractivity contribution in [2.75, 3.05) is 43.9 Å². The van der Waals surface area contributed by atoms with E-state index in [2.05, 4.69) is 33.7 Å². The van der Waals surface area contributed by atoms with Gasteiger partial charge >= 0.3 is 0 Å². The molecule has 3 aliphatic rings. The minimum Gasteiger partial charge on any atom is -0.368 e. The lowest BCUT2D eigenvalue weighted by Gasteiger charge is -2.40. The lowest BCUT2D eigenvalue weighted by atomic mass is 9.95. The molecule has 2 amide bonds. The Morgan fingerprint density at radius 3 is 2.36 bits per heavy atom. The Balaban J connectivity index is 1.15. The molecule has 3 heterocycles. The molecule has 0 saturated carbocycles. The molecule has 0 bridgehead atoms. The zero-order chi connectivity index (χ0) is 30.8. The van der Waals surface area contributed by atoms with Crippen molar-refractivity contribution >= 4 is 39.1 Å². The van der Waals surface area contributed by atoms with Gasteiger partial charge in [0.15, 0.2) is 0 Å². The number of carbonyl (C=O) groups excluding carboxylic acids is 2. The van der Waals surface area contributed by atoms with Gasteiger partial charge in [0.05, 0.1) is 12.3 Å². The van der Waals surface area contributed by atoms with E-state index in [0.717, 1.165) is 22.4 Å². The maximum Gasteiger partial charge on any atom is 0.245 e. The Kier molecular flexibility index (Phi) is 8.96. The van der Waals surface area contributed by atoms with Crippen molar-refractivity contribution in [2.45, 2.75) is 44.4 Å². The summed E-state index contributed by atoms with van der Waals surface area (Å²) in [5, 5.41) is 7.02. The summed E-state index contributed by atoms with van der Waals surface area (Å²) in [6.07, 6.45) is 2.87. The van der Waals surface area contributed by atoms with Crippen LogP contribution in [-0.4, -0.2) is 80.5 Å². The third kappa shape index (κ3) is 6.78. The van der Waals surface area contributed by atoms with E-state index in [-0.39, 0.29) is 11.8 Å². The zero-order valence-electron chi connectivity index (χ0n) is 24.8. The summed E-state index contributed by atoms with van der Waals surface area (Å²) >= 11 is 6.11. The molecule has 0 aromatic heterocycles. The van der Waals surface area contributed by atoms with E-state index in [0.29, 0.717) is 70.1 Å². The quantitative estimate of drug-likeness (QED) is 0.414. The standard InChI is InChI=1S/C33H38ClN5O4S/c1-44(42,43)39-14-13-24-7-4-8-31(28(24)22-39)37-15-17-38(18-16-37)33(41)30(19-23-9-11-27(34)12-10-23)36-32(40)29-20-25-5-2-3-6-26(25)21-35-29/h2-12,29-30,35H,13-22H2,1H3,(H,36,40). The lowest BCUT2D eigenvalue weighted by Crippen LogP contribution is -2.58. The van der Waals surface area contributed by atoms with Gasteiger partial charge in [-0.3, -0.25) is 9.59 Å². The third-order valence-electron chi connectivity index (χ3n) is 8.98. The van der Waals surface area contributed by atoms with Crippen LogP contribution in [0.4, 0.5) is 5.69 Å². The van der Waals surface area contributed by atoms with Crippen molar-refractivity contribution in [3.63, 3.8) is 0 Å². The number of benzene rings is 3. The Hall–Kier alpha value is -3.44. The fourth-order valence-corrected chi connectivity index (χ4v) is 7.39. The highest BCUT2D eigenvalue weighted by atomic mass is 35.5. The highest BCUT2D eigenvalue weighted by Crippen LogP contribution is 2.31. The number of hydrogen-bond acceptors (Lipinski definition) is 6. The Bertz CT molecular complexity index is 1640. The molecule has 0 aliphatic carbocycles. The zero-order valence-corrected chi connectivity index (χ0v) is 26.4. The number of nitrogens with one attached hydrogen (secondary N) is 2. The average Bonchev–Trinajstić information content (AvgIpc) is 3.04. The van der Waals surface area contributed by atoms with E-state index >= 15 is 0 Å². The Morgan fingerprint density at radius 1 is 0.932 bits per heavy atom. The summed E-state index contributed by atoms with van der Waals surface area (Å²) < 4.78 is 26.1. The maximum absolute atomic E-state index is 14.0. The number of sulfonamides is 1. The largest absolute Gasteiger partial charge is 0.368 e. The van der Waals surface area contributed by atoms with Gasteiger partial charge in [-0.1, -0.05) is 60.1 Å². The van der Waals surface area contributed by atoms with E-state index in [9.17, 15) is 18.0 Å². The van der Waals surface area contributed by atoms with Crippen LogP contribution < -0.4 is 15.5 Å². The van der Waals surface area contributed by atoms with Crippen LogP contribution >= 0.6 is 11.6 Å². The molecule has 3 aromatic carbocycles. The van der Waals surface area contributed by atoms with Crippen molar-refractivity contribution in [3.8, 4) is 0 Å². The fraction of sp³-hybridized carbons (Fsp3) is 0.394. The monoisotopic (exact) mass is 635 g/mol. The van der Waals surface area contributed by atoms with Crippen LogP contribution in [0, 0.1) is 0 Å². The SMILES string of the molecule is CS(=O)(=O)N1CCc2cccc(N3CCN(C(=O)C(Cc4ccc(Cl)cc4)NC(=O)C4Cc5ccccc5CN4)CC3)c2C1. The number of anilines is 1. The number of nitrogens with zero attached hydrogens (tertiary/aromatic N) is 3. The van der Waals surface area contributed by atoms with Gasteiger partial charge < -0.3 is 20.4 Å². The molecule has 2 unspecified atom stereocenters. The smallest absolute Gasteiger partial charge is 0.245 e. The van der Waals surface area contributed by atoms with Crippen molar-refractivity contribution in [1.82, 2.24) is 19.8 Å². The Morgan fingerprint density at radius 2 is 1.64 bits per heavy atom. The molecule has 6 rings (SSSR count). The minimum atomic E-state index is -3.29. The van der Waals surface area contributed by atoms with Crippen LogP contribution in [0.3, 0.4) is 0 Å². The molecule has 3 aromatic rings. The van der Waals surface area contributed by atoms with Crippen molar-refractivity contribution in [3.05, 3.63) is 99.6 Å². The predicted octanol–water partition coefficient (Wildman–Crippen LogP) is 2.75. The van der Waals surface area contributed by atoms with E-state index in [1.165, 1.54) is 21.7 Å². The van der Waals surface area contributed by atoms with Crippen molar-refractivity contribution < 1.29 is 18.0 Å². The number of carbonyl (C=O) groups is 2. The molecule has 2 atom stereocenters. The second kappa shape index (κ2) is 12.9. The Labute approximate surface area is 264 Å². The first-order valence-corrected chi connectivity index (χ1v) is 17.3. The molecule has 1 saturated heterocycles. The molecule has 9 nitrogen and oxygen atoms in total. The molecule has 0 spiro atoms. The predicted molar refractivity (Wildman–Crippen MR) is 172 cm³/mol. The number of rotatable bonds is 7. The van der Waals surface area contributed by atoms with Crippen LogP contribution in [-0.2, 0) is 52.0 Å². The molecule has 11 heteroatoms. The van der Waals surface area contributed by atoms with Gasteiger partial charge in [0.2, 0.25) is 21.8 Å². The lowest BCUT2D eigenvalue weighted by molar-refractivity contribution is -0.137. The molecule has 1 fully saturated rings. The first-order chi connectivity index (χ1) is 21.2. The van der Waals surface area contributed by atoms with Crippen LogP contribution in [0.15, 0.2) is 66.7 Å². The highest BCUT2D eigenvalue weighted by molar-refractivity contribution is 7.88. The number of halogens is 1. The topological polar surface area (TPSA) is 102 Å². The second-order valence-electron chi connectivity index (χ2n) is 11.9. The van der Waals surface area contributed by atoms with Gasteiger partial charge in [0, 0.05) is 62.9 Å². The average molecular weight is 636 g/mol. The molecular formula is C33H38ClN5O4S. The summed E-state index contributed by atoms with van der Waals surface area (Å²) in [7, 11) is -3.29. The summed E-state index contributed by atoms with van der Waals surface area (Å²) in [5.74, 6) is -0.292. The summed E-state index contributed by atoms with van der Waals surface area (Å²) in [5.41, 5.74) is 6.49. The van der Waals surface area contributed by atoms with E-state index < -0.39 is 22.1 Å². The van der Waals surface area contributed by atoms with Gasteiger partial charge in [0.25, 0.3) is 0 Å². The molecular weight excluding hydrogens is 598 g/mol. The van der Waals surface area contributed by atoms with Crippen LogP contribution in [0.1, 0.15) is 27.8 Å². The molecule has 2 N–H and O–H groups in total.